The van der Waals surface area contributed by atoms with E-state index in [1.165, 1.54) is 0 Å². The Morgan fingerprint density at radius 2 is 1.95 bits per heavy atom. The molecule has 0 radical (unpaired) electrons. The van der Waals surface area contributed by atoms with Crippen molar-refractivity contribution in [2.45, 2.75) is 18.9 Å². The number of nitrogens with one attached hydrogen (secondary N) is 1. The van der Waals surface area contributed by atoms with E-state index in [1.54, 1.807) is 24.3 Å². The summed E-state index contributed by atoms with van der Waals surface area (Å²) in [6.45, 7) is -0.414. The molecule has 1 fully saturated rings. The lowest BCUT2D eigenvalue weighted by Gasteiger charge is -2.11. The van der Waals surface area contributed by atoms with Gasteiger partial charge in [-0.25, -0.2) is 8.42 Å². The number of amides is 1. The Balaban J connectivity index is 1.72. The number of esters is 1. The standard InChI is InChI=1S/C14H16ClNO5S/c15-11-3-1-10(2-4-11)7-14(18)21-8-13(17)16-12-5-6-22(19,20)9-12/h1-4,12H,5-9H2,(H,16,17)/t12-/m1/s1. The van der Waals surface area contributed by atoms with Crippen LogP contribution in [0.3, 0.4) is 0 Å². The second kappa shape index (κ2) is 7.11. The lowest BCUT2D eigenvalue weighted by Crippen LogP contribution is -2.38. The summed E-state index contributed by atoms with van der Waals surface area (Å²) < 4.78 is 27.4. The van der Waals surface area contributed by atoms with E-state index in [0.717, 1.165) is 5.56 Å². The van der Waals surface area contributed by atoms with Gasteiger partial charge in [-0.15, -0.1) is 0 Å². The molecule has 0 unspecified atom stereocenters. The maximum Gasteiger partial charge on any atom is 0.310 e. The number of sulfone groups is 1. The van der Waals surface area contributed by atoms with E-state index in [9.17, 15) is 18.0 Å². The predicted octanol–water partition coefficient (Wildman–Crippen LogP) is 0.729. The number of rotatable bonds is 5. The SMILES string of the molecule is O=C(COC(=O)Cc1ccc(Cl)cc1)N[C@@H]1CCS(=O)(=O)C1. The van der Waals surface area contributed by atoms with Crippen molar-refractivity contribution in [2.24, 2.45) is 0 Å². The van der Waals surface area contributed by atoms with Gasteiger partial charge in [0.25, 0.3) is 5.91 Å². The topological polar surface area (TPSA) is 89.5 Å². The normalized spacial score (nSPS) is 19.6. The van der Waals surface area contributed by atoms with Gasteiger partial charge in [0.05, 0.1) is 17.9 Å². The number of ether oxygens (including phenoxy) is 1. The lowest BCUT2D eigenvalue weighted by atomic mass is 10.1. The quantitative estimate of drug-likeness (QED) is 0.795. The van der Waals surface area contributed by atoms with Crippen molar-refractivity contribution in [1.29, 1.82) is 0 Å². The van der Waals surface area contributed by atoms with Gasteiger partial charge in [0.1, 0.15) is 0 Å². The van der Waals surface area contributed by atoms with Gasteiger partial charge in [0, 0.05) is 11.1 Å². The van der Waals surface area contributed by atoms with Gasteiger partial charge in [0.15, 0.2) is 16.4 Å². The van der Waals surface area contributed by atoms with Crippen LogP contribution in [0.5, 0.6) is 0 Å². The number of halogens is 1. The van der Waals surface area contributed by atoms with Crippen LogP contribution in [-0.4, -0.2) is 44.4 Å². The van der Waals surface area contributed by atoms with Crippen LogP contribution < -0.4 is 5.32 Å². The van der Waals surface area contributed by atoms with Crippen molar-refractivity contribution >= 4 is 33.3 Å². The zero-order valence-corrected chi connectivity index (χ0v) is 13.3. The minimum absolute atomic E-state index is 0.0439. The lowest BCUT2D eigenvalue weighted by molar-refractivity contribution is -0.148. The fraction of sp³-hybridized carbons (Fsp3) is 0.429. The molecule has 0 saturated carbocycles. The fourth-order valence-electron chi connectivity index (χ4n) is 2.14. The molecular formula is C14H16ClNO5S. The Morgan fingerprint density at radius 3 is 2.55 bits per heavy atom. The van der Waals surface area contributed by atoms with Crippen LogP contribution in [0.1, 0.15) is 12.0 Å². The summed E-state index contributed by atoms with van der Waals surface area (Å²) in [7, 11) is -3.05. The van der Waals surface area contributed by atoms with Gasteiger partial charge in [-0.3, -0.25) is 9.59 Å². The Labute approximate surface area is 133 Å². The van der Waals surface area contributed by atoms with E-state index in [0.29, 0.717) is 11.4 Å². The zero-order chi connectivity index (χ0) is 16.2. The van der Waals surface area contributed by atoms with Crippen LogP contribution in [0.4, 0.5) is 0 Å². The molecular weight excluding hydrogens is 330 g/mol. The van der Waals surface area contributed by atoms with E-state index in [-0.39, 0.29) is 17.9 Å². The minimum atomic E-state index is -3.05. The second-order valence-corrected chi connectivity index (χ2v) is 7.80. The number of hydrogen-bond acceptors (Lipinski definition) is 5. The van der Waals surface area contributed by atoms with Crippen LogP contribution in [0, 0.1) is 0 Å². The van der Waals surface area contributed by atoms with E-state index in [1.807, 2.05) is 0 Å². The summed E-state index contributed by atoms with van der Waals surface area (Å²) in [6.07, 6.45) is 0.440. The van der Waals surface area contributed by atoms with Crippen LogP contribution in [0.15, 0.2) is 24.3 Å². The first-order valence-electron chi connectivity index (χ1n) is 6.74. The molecule has 1 aliphatic heterocycles. The van der Waals surface area contributed by atoms with Crippen LogP contribution in [-0.2, 0) is 30.6 Å². The van der Waals surface area contributed by atoms with Crippen molar-refractivity contribution in [3.63, 3.8) is 0 Å². The third-order valence-corrected chi connectivity index (χ3v) is 5.24. The zero-order valence-electron chi connectivity index (χ0n) is 11.7. The molecule has 1 aliphatic rings. The average molecular weight is 346 g/mol. The minimum Gasteiger partial charge on any atom is -0.455 e. The first kappa shape index (κ1) is 16.8. The summed E-state index contributed by atoms with van der Waals surface area (Å²) in [5.74, 6) is -1.01. The summed E-state index contributed by atoms with van der Waals surface area (Å²) >= 11 is 5.74. The van der Waals surface area contributed by atoms with Crippen molar-refractivity contribution in [1.82, 2.24) is 5.32 Å². The monoisotopic (exact) mass is 345 g/mol. The highest BCUT2D eigenvalue weighted by molar-refractivity contribution is 7.91. The summed E-state index contributed by atoms with van der Waals surface area (Å²) in [4.78, 5) is 23.2. The highest BCUT2D eigenvalue weighted by Gasteiger charge is 2.28. The Bertz CT molecular complexity index is 656. The molecule has 1 aromatic carbocycles. The first-order chi connectivity index (χ1) is 10.3. The molecule has 0 aliphatic carbocycles. The third-order valence-electron chi connectivity index (χ3n) is 3.22. The largest absolute Gasteiger partial charge is 0.455 e. The Kier molecular flexibility index (Phi) is 5.42. The van der Waals surface area contributed by atoms with Crippen LogP contribution >= 0.6 is 11.6 Å². The Hall–Kier alpha value is -1.60. The van der Waals surface area contributed by atoms with Crippen LogP contribution in [0.25, 0.3) is 0 Å². The maximum absolute atomic E-state index is 11.6. The molecule has 1 atom stereocenters. The molecule has 1 heterocycles. The van der Waals surface area contributed by atoms with Gasteiger partial charge in [-0.1, -0.05) is 23.7 Å². The van der Waals surface area contributed by atoms with Gasteiger partial charge in [-0.2, -0.15) is 0 Å². The number of carbonyl (C=O) groups is 2. The molecule has 1 aromatic rings. The first-order valence-corrected chi connectivity index (χ1v) is 8.94. The van der Waals surface area contributed by atoms with Gasteiger partial charge in [-0.05, 0) is 24.1 Å². The molecule has 0 spiro atoms. The Morgan fingerprint density at radius 1 is 1.27 bits per heavy atom. The number of carbonyl (C=O) groups excluding carboxylic acids is 2. The summed E-state index contributed by atoms with van der Waals surface area (Å²) in [5, 5.41) is 3.12. The molecule has 1 N–H and O–H groups in total. The molecule has 0 aromatic heterocycles. The van der Waals surface area contributed by atoms with E-state index < -0.39 is 34.4 Å². The van der Waals surface area contributed by atoms with Crippen molar-refractivity contribution in [3.05, 3.63) is 34.9 Å². The molecule has 0 bridgehead atoms. The van der Waals surface area contributed by atoms with Gasteiger partial charge < -0.3 is 10.1 Å². The fourth-order valence-corrected chi connectivity index (χ4v) is 3.94. The molecule has 1 amide bonds. The number of hydrogen-bond donors (Lipinski definition) is 1. The third kappa shape index (κ3) is 5.31. The molecule has 2 rings (SSSR count). The highest BCUT2D eigenvalue weighted by atomic mass is 35.5. The predicted molar refractivity (Wildman–Crippen MR) is 81.3 cm³/mol. The molecule has 8 heteroatoms. The summed E-state index contributed by atoms with van der Waals surface area (Å²) in [5.41, 5.74) is 0.733. The number of benzene rings is 1. The molecule has 120 valence electrons. The van der Waals surface area contributed by atoms with Crippen molar-refractivity contribution in [3.8, 4) is 0 Å². The molecule has 6 nitrogen and oxygen atoms in total. The van der Waals surface area contributed by atoms with Gasteiger partial charge in [0.2, 0.25) is 0 Å². The average Bonchev–Trinajstić information content (AvgIpc) is 2.78. The van der Waals surface area contributed by atoms with Gasteiger partial charge >= 0.3 is 5.97 Å². The summed E-state index contributed by atoms with van der Waals surface area (Å²) in [6, 6.07) is 6.34. The van der Waals surface area contributed by atoms with Crippen molar-refractivity contribution in [2.75, 3.05) is 18.1 Å². The van der Waals surface area contributed by atoms with Crippen molar-refractivity contribution < 1.29 is 22.7 Å². The van der Waals surface area contributed by atoms with E-state index in [2.05, 4.69) is 5.32 Å². The van der Waals surface area contributed by atoms with E-state index >= 15 is 0 Å². The molecule has 22 heavy (non-hydrogen) atoms. The molecule has 1 saturated heterocycles. The second-order valence-electron chi connectivity index (χ2n) is 5.13. The smallest absolute Gasteiger partial charge is 0.310 e. The highest BCUT2D eigenvalue weighted by Crippen LogP contribution is 2.11. The van der Waals surface area contributed by atoms with Crippen LogP contribution in [0.2, 0.25) is 5.02 Å². The maximum atomic E-state index is 11.6. The van der Waals surface area contributed by atoms with E-state index in [4.69, 9.17) is 16.3 Å².